The normalized spacial score (nSPS) is 11.7. The van der Waals surface area contributed by atoms with Crippen LogP contribution in [-0.2, 0) is 0 Å². The first kappa shape index (κ1) is 17.1. The maximum atomic E-state index is 11.9. The van der Waals surface area contributed by atoms with Gasteiger partial charge in [-0.3, -0.25) is 0 Å². The lowest BCUT2D eigenvalue weighted by Crippen LogP contribution is -2.32. The highest BCUT2D eigenvalue weighted by molar-refractivity contribution is 6.31. The van der Waals surface area contributed by atoms with Gasteiger partial charge in [-0.05, 0) is 30.7 Å². The number of halogens is 1. The largest absolute Gasteiger partial charge is 0.496 e. The molecule has 0 aliphatic rings. The van der Waals surface area contributed by atoms with Gasteiger partial charge in [-0.2, -0.15) is 0 Å². The third-order valence-corrected chi connectivity index (χ3v) is 3.79. The average molecular weight is 335 g/mol. The van der Waals surface area contributed by atoms with E-state index in [1.54, 1.807) is 30.3 Å². The van der Waals surface area contributed by atoms with Crippen LogP contribution in [0, 0.1) is 6.92 Å². The summed E-state index contributed by atoms with van der Waals surface area (Å²) in [5.41, 5.74) is 2.14. The van der Waals surface area contributed by atoms with Crippen molar-refractivity contribution in [1.82, 2.24) is 5.32 Å². The molecule has 2 rings (SSSR count). The van der Waals surface area contributed by atoms with Crippen LogP contribution < -0.4 is 15.4 Å². The number of methoxy groups -OCH3 is 1. The molecule has 0 saturated heterocycles. The molecule has 0 aliphatic heterocycles. The molecule has 5 nitrogen and oxygen atoms in total. The lowest BCUT2D eigenvalue weighted by Gasteiger charge is -2.15. The van der Waals surface area contributed by atoms with E-state index in [2.05, 4.69) is 10.6 Å². The number of ether oxygens (including phenoxy) is 1. The van der Waals surface area contributed by atoms with Gasteiger partial charge >= 0.3 is 6.03 Å². The van der Waals surface area contributed by atoms with Crippen LogP contribution in [0.5, 0.6) is 5.75 Å². The number of para-hydroxylation sites is 1. The number of aliphatic hydroxyl groups excluding tert-OH is 1. The number of carbonyl (C=O) groups is 1. The lowest BCUT2D eigenvalue weighted by molar-refractivity contribution is 0.171. The number of rotatable bonds is 5. The van der Waals surface area contributed by atoms with E-state index in [9.17, 15) is 9.90 Å². The van der Waals surface area contributed by atoms with Crippen molar-refractivity contribution in [1.29, 1.82) is 0 Å². The van der Waals surface area contributed by atoms with Crippen molar-refractivity contribution in [2.45, 2.75) is 13.0 Å². The molecule has 23 heavy (non-hydrogen) atoms. The first-order valence-corrected chi connectivity index (χ1v) is 7.51. The fraction of sp³-hybridized carbons (Fsp3) is 0.235. The van der Waals surface area contributed by atoms with Crippen molar-refractivity contribution < 1.29 is 14.6 Å². The highest BCUT2D eigenvalue weighted by atomic mass is 35.5. The van der Waals surface area contributed by atoms with Crippen LogP contribution in [0.4, 0.5) is 10.5 Å². The molecular weight excluding hydrogens is 316 g/mol. The molecule has 0 spiro atoms. The third-order valence-electron chi connectivity index (χ3n) is 3.38. The Morgan fingerprint density at radius 3 is 2.74 bits per heavy atom. The van der Waals surface area contributed by atoms with E-state index >= 15 is 0 Å². The number of aryl methyl sites for hydroxylation is 1. The summed E-state index contributed by atoms with van der Waals surface area (Å²) in [6, 6.07) is 12.0. The van der Waals surface area contributed by atoms with Crippen LogP contribution in [0.2, 0.25) is 5.02 Å². The van der Waals surface area contributed by atoms with Gasteiger partial charge < -0.3 is 20.5 Å². The molecule has 0 fully saturated rings. The highest BCUT2D eigenvalue weighted by Gasteiger charge is 2.14. The zero-order chi connectivity index (χ0) is 16.8. The fourth-order valence-corrected chi connectivity index (χ4v) is 2.27. The number of anilines is 1. The number of carbonyl (C=O) groups excluding carboxylic acids is 1. The lowest BCUT2D eigenvalue weighted by atomic mass is 10.1. The molecule has 0 bridgehead atoms. The van der Waals surface area contributed by atoms with E-state index in [-0.39, 0.29) is 6.54 Å². The van der Waals surface area contributed by atoms with Crippen LogP contribution in [0.1, 0.15) is 17.2 Å². The van der Waals surface area contributed by atoms with Crippen LogP contribution in [-0.4, -0.2) is 24.8 Å². The third kappa shape index (κ3) is 4.61. The maximum Gasteiger partial charge on any atom is 0.319 e. The fourth-order valence-electron chi connectivity index (χ4n) is 2.09. The Bertz CT molecular complexity index is 691. The van der Waals surface area contributed by atoms with Crippen molar-refractivity contribution in [3.63, 3.8) is 0 Å². The average Bonchev–Trinajstić information content (AvgIpc) is 2.56. The van der Waals surface area contributed by atoms with Crippen LogP contribution >= 0.6 is 11.6 Å². The number of benzene rings is 2. The number of aliphatic hydroxyl groups is 1. The molecular formula is C17H19ClN2O3. The van der Waals surface area contributed by atoms with Gasteiger partial charge in [0.15, 0.2) is 0 Å². The second-order valence-corrected chi connectivity index (χ2v) is 5.46. The van der Waals surface area contributed by atoms with E-state index in [0.717, 1.165) is 5.56 Å². The van der Waals surface area contributed by atoms with Gasteiger partial charge in [0.2, 0.25) is 0 Å². The van der Waals surface area contributed by atoms with Gasteiger partial charge in [-0.15, -0.1) is 0 Å². The summed E-state index contributed by atoms with van der Waals surface area (Å²) >= 11 is 6.01. The molecule has 0 saturated carbocycles. The Hall–Kier alpha value is -2.24. The van der Waals surface area contributed by atoms with Gasteiger partial charge in [-0.25, -0.2) is 4.79 Å². The Kier molecular flexibility index (Phi) is 5.84. The standard InChI is InChI=1S/C17H19ClN2O3/c1-11-7-8-12(9-14(11)18)20-17(22)19-10-15(21)13-5-3-4-6-16(13)23-2/h3-9,15,21H,10H2,1-2H3,(H2,19,20,22)/t15-/m0/s1. The number of hydrogen-bond donors (Lipinski definition) is 3. The van der Waals surface area contributed by atoms with E-state index < -0.39 is 12.1 Å². The molecule has 0 radical (unpaired) electrons. The van der Waals surface area contributed by atoms with Crippen LogP contribution in [0.25, 0.3) is 0 Å². The summed E-state index contributed by atoms with van der Waals surface area (Å²) in [5.74, 6) is 0.576. The Morgan fingerprint density at radius 2 is 2.04 bits per heavy atom. The summed E-state index contributed by atoms with van der Waals surface area (Å²) < 4.78 is 5.19. The Labute approximate surface area is 140 Å². The molecule has 3 N–H and O–H groups in total. The van der Waals surface area contributed by atoms with Gasteiger partial charge in [0.05, 0.1) is 13.2 Å². The second-order valence-electron chi connectivity index (χ2n) is 5.06. The van der Waals surface area contributed by atoms with Crippen molar-refractivity contribution in [2.75, 3.05) is 19.0 Å². The first-order chi connectivity index (χ1) is 11.0. The molecule has 122 valence electrons. The summed E-state index contributed by atoms with van der Waals surface area (Å²) in [6.45, 7) is 1.95. The predicted octanol–water partition coefficient (Wildman–Crippen LogP) is 3.51. The van der Waals surface area contributed by atoms with Crippen molar-refractivity contribution in [3.05, 3.63) is 58.6 Å². The minimum absolute atomic E-state index is 0.0613. The van der Waals surface area contributed by atoms with Crippen LogP contribution in [0.3, 0.4) is 0 Å². The van der Waals surface area contributed by atoms with Crippen LogP contribution in [0.15, 0.2) is 42.5 Å². The zero-order valence-corrected chi connectivity index (χ0v) is 13.7. The topological polar surface area (TPSA) is 70.6 Å². The number of amides is 2. The molecule has 0 heterocycles. The minimum Gasteiger partial charge on any atom is -0.496 e. The first-order valence-electron chi connectivity index (χ1n) is 7.13. The summed E-state index contributed by atoms with van der Waals surface area (Å²) in [6.07, 6.45) is -0.862. The smallest absolute Gasteiger partial charge is 0.319 e. The van der Waals surface area contributed by atoms with Crippen molar-refractivity contribution in [2.24, 2.45) is 0 Å². The molecule has 6 heteroatoms. The number of urea groups is 1. The summed E-state index contributed by atoms with van der Waals surface area (Å²) in [5, 5.41) is 16.0. The highest BCUT2D eigenvalue weighted by Crippen LogP contribution is 2.24. The van der Waals surface area contributed by atoms with Gasteiger partial charge in [0, 0.05) is 22.8 Å². The molecule has 2 aromatic rings. The second kappa shape index (κ2) is 7.85. The van der Waals surface area contributed by atoms with Gasteiger partial charge in [0.1, 0.15) is 5.75 Å². The monoisotopic (exact) mass is 334 g/mol. The predicted molar refractivity (Wildman–Crippen MR) is 91.2 cm³/mol. The molecule has 0 unspecified atom stereocenters. The SMILES string of the molecule is COc1ccccc1[C@@H](O)CNC(=O)Nc1ccc(C)c(Cl)c1. The molecule has 1 atom stereocenters. The van der Waals surface area contributed by atoms with E-state index in [1.807, 2.05) is 19.1 Å². The molecule has 2 aromatic carbocycles. The van der Waals surface area contributed by atoms with Crippen molar-refractivity contribution in [3.8, 4) is 5.75 Å². The van der Waals surface area contributed by atoms with E-state index in [4.69, 9.17) is 16.3 Å². The number of hydrogen-bond acceptors (Lipinski definition) is 3. The van der Waals surface area contributed by atoms with Gasteiger partial charge in [-0.1, -0.05) is 35.9 Å². The Balaban J connectivity index is 1.92. The Morgan fingerprint density at radius 1 is 1.30 bits per heavy atom. The van der Waals surface area contributed by atoms with E-state index in [0.29, 0.717) is 22.0 Å². The summed E-state index contributed by atoms with van der Waals surface area (Å²) in [7, 11) is 1.53. The molecule has 0 aliphatic carbocycles. The summed E-state index contributed by atoms with van der Waals surface area (Å²) in [4.78, 5) is 11.9. The number of nitrogens with one attached hydrogen (secondary N) is 2. The quantitative estimate of drug-likeness (QED) is 0.783. The van der Waals surface area contributed by atoms with E-state index in [1.165, 1.54) is 7.11 Å². The zero-order valence-electron chi connectivity index (χ0n) is 13.0. The minimum atomic E-state index is -0.862. The van der Waals surface area contributed by atoms with Gasteiger partial charge in [0.25, 0.3) is 0 Å². The molecule has 0 aromatic heterocycles. The maximum absolute atomic E-state index is 11.9. The van der Waals surface area contributed by atoms with Crippen molar-refractivity contribution >= 4 is 23.3 Å². The molecule has 2 amide bonds.